The Hall–Kier alpha value is -2.91. The molecule has 0 atom stereocenters. The van der Waals surface area contributed by atoms with Crippen LogP contribution >= 0.6 is 0 Å². The van der Waals surface area contributed by atoms with Crippen LogP contribution in [0.3, 0.4) is 0 Å². The van der Waals surface area contributed by atoms with Crippen molar-refractivity contribution in [3.05, 3.63) is 53.6 Å². The van der Waals surface area contributed by atoms with Crippen LogP contribution in [0.2, 0.25) is 0 Å². The minimum Gasteiger partial charge on any atom is -0.496 e. The van der Waals surface area contributed by atoms with Crippen molar-refractivity contribution in [2.75, 3.05) is 84.4 Å². The first-order valence-electron chi connectivity index (χ1n) is 12.3. The maximum Gasteiger partial charge on any atom is 0.260 e. The topological polar surface area (TPSA) is 63.7 Å². The summed E-state index contributed by atoms with van der Waals surface area (Å²) >= 11 is 0. The summed E-state index contributed by atoms with van der Waals surface area (Å²) in [6.45, 7) is 8.47. The Morgan fingerprint density at radius 1 is 0.943 bits per heavy atom. The molecule has 186 valence electrons. The van der Waals surface area contributed by atoms with E-state index >= 15 is 0 Å². The molecule has 0 saturated carbocycles. The standard InChI is InChI=1S/C27H33N3O5/c1-32-26-7-6-22(35-17-12-28-8-13-33-14-9-28)18-21(26)19-24-23-4-2-3-5-25(23)30(27(24)31)20-29-10-15-34-16-11-29/h2-7,18-19H,8-17,20H2,1H3/b24-19+. The number of ether oxygens (including phenoxy) is 4. The summed E-state index contributed by atoms with van der Waals surface area (Å²) in [5.74, 6) is 1.46. The highest BCUT2D eigenvalue weighted by Gasteiger charge is 2.33. The van der Waals surface area contributed by atoms with Crippen LogP contribution in [0.4, 0.5) is 5.69 Å². The molecule has 3 aliphatic rings. The van der Waals surface area contributed by atoms with Crippen molar-refractivity contribution in [2.24, 2.45) is 0 Å². The van der Waals surface area contributed by atoms with Crippen LogP contribution in [0.25, 0.3) is 11.6 Å². The molecule has 5 rings (SSSR count). The van der Waals surface area contributed by atoms with Gasteiger partial charge in [-0.05, 0) is 30.3 Å². The van der Waals surface area contributed by atoms with Crippen LogP contribution in [0, 0.1) is 0 Å². The summed E-state index contributed by atoms with van der Waals surface area (Å²) in [5.41, 5.74) is 3.36. The first kappa shape index (κ1) is 23.8. The third-order valence-corrected chi connectivity index (χ3v) is 6.69. The Morgan fingerprint density at radius 3 is 2.40 bits per heavy atom. The predicted molar refractivity (Wildman–Crippen MR) is 135 cm³/mol. The zero-order valence-electron chi connectivity index (χ0n) is 20.3. The molecule has 3 aliphatic heterocycles. The molecule has 8 heteroatoms. The summed E-state index contributed by atoms with van der Waals surface area (Å²) in [4.78, 5) is 20.0. The number of para-hydroxylation sites is 1. The second-order valence-electron chi connectivity index (χ2n) is 8.89. The van der Waals surface area contributed by atoms with Crippen molar-refractivity contribution in [1.82, 2.24) is 9.80 Å². The van der Waals surface area contributed by atoms with E-state index in [4.69, 9.17) is 18.9 Å². The number of hydrogen-bond acceptors (Lipinski definition) is 7. The van der Waals surface area contributed by atoms with Crippen molar-refractivity contribution >= 4 is 23.2 Å². The Bertz CT molecular complexity index is 1060. The molecule has 1 amide bonds. The summed E-state index contributed by atoms with van der Waals surface area (Å²) < 4.78 is 22.5. The number of carbonyl (C=O) groups is 1. The lowest BCUT2D eigenvalue weighted by molar-refractivity contribution is -0.113. The van der Waals surface area contributed by atoms with Crippen molar-refractivity contribution < 1.29 is 23.7 Å². The van der Waals surface area contributed by atoms with Gasteiger partial charge in [0.2, 0.25) is 0 Å². The smallest absolute Gasteiger partial charge is 0.260 e. The second-order valence-corrected chi connectivity index (χ2v) is 8.89. The van der Waals surface area contributed by atoms with Crippen LogP contribution in [-0.4, -0.2) is 95.2 Å². The minimum absolute atomic E-state index is 0.00150. The number of morpholine rings is 2. The quantitative estimate of drug-likeness (QED) is 0.540. The molecule has 0 N–H and O–H groups in total. The van der Waals surface area contributed by atoms with Gasteiger partial charge >= 0.3 is 0 Å². The van der Waals surface area contributed by atoms with Gasteiger partial charge in [0, 0.05) is 49.4 Å². The average Bonchev–Trinajstić information content (AvgIpc) is 3.16. The summed E-state index contributed by atoms with van der Waals surface area (Å²) in [5, 5.41) is 0. The molecule has 0 aromatic heterocycles. The van der Waals surface area contributed by atoms with Gasteiger partial charge in [-0.2, -0.15) is 0 Å². The number of rotatable bonds is 8. The Morgan fingerprint density at radius 2 is 1.66 bits per heavy atom. The summed E-state index contributed by atoms with van der Waals surface area (Å²) in [6.07, 6.45) is 1.92. The van der Waals surface area contributed by atoms with Gasteiger partial charge in [0.25, 0.3) is 5.91 Å². The molecule has 2 fully saturated rings. The first-order chi connectivity index (χ1) is 17.2. The number of methoxy groups -OCH3 is 1. The molecule has 2 aromatic rings. The van der Waals surface area contributed by atoms with Crippen LogP contribution in [0.1, 0.15) is 11.1 Å². The number of benzene rings is 2. The molecule has 3 heterocycles. The Kier molecular flexibility index (Phi) is 7.63. The SMILES string of the molecule is COc1ccc(OCCN2CCOCC2)cc1/C=C1/C(=O)N(CN2CCOCC2)c2ccccc21. The third-order valence-electron chi connectivity index (χ3n) is 6.69. The highest BCUT2D eigenvalue weighted by Crippen LogP contribution is 2.39. The van der Waals surface area contributed by atoms with Gasteiger partial charge in [0.15, 0.2) is 0 Å². The second kappa shape index (κ2) is 11.2. The van der Waals surface area contributed by atoms with E-state index in [1.807, 2.05) is 53.4 Å². The number of nitrogens with zero attached hydrogens (tertiary/aromatic N) is 3. The minimum atomic E-state index is -0.00150. The van der Waals surface area contributed by atoms with Gasteiger partial charge in [-0.25, -0.2) is 0 Å². The van der Waals surface area contributed by atoms with Gasteiger partial charge in [-0.3, -0.25) is 19.5 Å². The molecule has 0 spiro atoms. The zero-order chi connectivity index (χ0) is 24.0. The number of anilines is 1. The van der Waals surface area contributed by atoms with Gasteiger partial charge in [-0.15, -0.1) is 0 Å². The molecular formula is C27H33N3O5. The average molecular weight is 480 g/mol. The summed E-state index contributed by atoms with van der Waals surface area (Å²) in [6, 6.07) is 13.7. The number of hydrogen-bond donors (Lipinski definition) is 0. The molecule has 35 heavy (non-hydrogen) atoms. The van der Waals surface area contributed by atoms with E-state index in [1.165, 1.54) is 0 Å². The Balaban J connectivity index is 1.36. The molecule has 2 saturated heterocycles. The fourth-order valence-corrected chi connectivity index (χ4v) is 4.72. The molecule has 0 bridgehead atoms. The molecule has 2 aromatic carbocycles. The third kappa shape index (κ3) is 5.51. The van der Waals surface area contributed by atoms with E-state index in [2.05, 4.69) is 9.80 Å². The van der Waals surface area contributed by atoms with Crippen LogP contribution in [0.15, 0.2) is 42.5 Å². The van der Waals surface area contributed by atoms with Crippen LogP contribution < -0.4 is 14.4 Å². The van der Waals surface area contributed by atoms with Gasteiger partial charge in [0.1, 0.15) is 18.1 Å². The van der Waals surface area contributed by atoms with E-state index in [0.717, 1.165) is 68.5 Å². The van der Waals surface area contributed by atoms with Crippen LogP contribution in [0.5, 0.6) is 11.5 Å². The maximum absolute atomic E-state index is 13.6. The highest BCUT2D eigenvalue weighted by atomic mass is 16.5. The molecule has 0 radical (unpaired) electrons. The molecule has 0 unspecified atom stereocenters. The van der Waals surface area contributed by atoms with E-state index < -0.39 is 0 Å². The van der Waals surface area contributed by atoms with E-state index in [0.29, 0.717) is 37.8 Å². The normalized spacial score (nSPS) is 20.3. The molecule has 8 nitrogen and oxygen atoms in total. The largest absolute Gasteiger partial charge is 0.496 e. The fourth-order valence-electron chi connectivity index (χ4n) is 4.72. The van der Waals surface area contributed by atoms with Gasteiger partial charge in [0.05, 0.1) is 45.9 Å². The Labute approximate surface area is 206 Å². The highest BCUT2D eigenvalue weighted by molar-refractivity contribution is 6.35. The lowest BCUT2D eigenvalue weighted by Crippen LogP contribution is -2.45. The molecular weight excluding hydrogens is 446 g/mol. The van der Waals surface area contributed by atoms with Crippen molar-refractivity contribution in [3.8, 4) is 11.5 Å². The number of carbonyl (C=O) groups excluding carboxylic acids is 1. The monoisotopic (exact) mass is 479 g/mol. The zero-order valence-corrected chi connectivity index (χ0v) is 20.3. The predicted octanol–water partition coefficient (Wildman–Crippen LogP) is 2.58. The summed E-state index contributed by atoms with van der Waals surface area (Å²) in [7, 11) is 1.64. The van der Waals surface area contributed by atoms with E-state index in [9.17, 15) is 4.79 Å². The number of amides is 1. The van der Waals surface area contributed by atoms with Crippen molar-refractivity contribution in [1.29, 1.82) is 0 Å². The lowest BCUT2D eigenvalue weighted by atomic mass is 10.0. The van der Waals surface area contributed by atoms with Crippen LogP contribution in [-0.2, 0) is 14.3 Å². The fraction of sp³-hybridized carbons (Fsp3) is 0.444. The van der Waals surface area contributed by atoms with E-state index in [1.54, 1.807) is 7.11 Å². The van der Waals surface area contributed by atoms with Crippen molar-refractivity contribution in [2.45, 2.75) is 0 Å². The number of fused-ring (bicyclic) bond motifs is 1. The lowest BCUT2D eigenvalue weighted by Gasteiger charge is -2.30. The van der Waals surface area contributed by atoms with E-state index in [-0.39, 0.29) is 5.91 Å². The maximum atomic E-state index is 13.6. The molecule has 0 aliphatic carbocycles. The van der Waals surface area contributed by atoms with Gasteiger partial charge < -0.3 is 18.9 Å². The van der Waals surface area contributed by atoms with Crippen molar-refractivity contribution in [3.63, 3.8) is 0 Å². The van der Waals surface area contributed by atoms with Gasteiger partial charge in [-0.1, -0.05) is 18.2 Å². The first-order valence-corrected chi connectivity index (χ1v) is 12.3.